The topological polar surface area (TPSA) is 75.4 Å². The highest BCUT2D eigenvalue weighted by molar-refractivity contribution is 6.07. The molecule has 0 unspecified atom stereocenters. The zero-order valence-corrected chi connectivity index (χ0v) is 13.8. The van der Waals surface area contributed by atoms with E-state index in [0.29, 0.717) is 11.1 Å². The number of hydrogen-bond acceptors (Lipinski definition) is 4. The zero-order chi connectivity index (χ0) is 17.5. The van der Waals surface area contributed by atoms with Gasteiger partial charge in [0.15, 0.2) is 5.78 Å². The average molecular weight is 323 g/mol. The molecule has 2 rings (SSSR count). The summed E-state index contributed by atoms with van der Waals surface area (Å²) in [6.07, 6.45) is 1.67. The van der Waals surface area contributed by atoms with Gasteiger partial charge < -0.3 is 4.90 Å². The fraction of sp³-hybridized carbons (Fsp3) is 0.158. The van der Waals surface area contributed by atoms with Gasteiger partial charge >= 0.3 is 0 Å². The summed E-state index contributed by atoms with van der Waals surface area (Å²) in [5.41, 5.74) is 4.88. The molecule has 24 heavy (non-hydrogen) atoms. The van der Waals surface area contributed by atoms with Gasteiger partial charge in [-0.1, -0.05) is 42.5 Å². The number of nitrogens with one attached hydrogen (secondary N) is 1. The van der Waals surface area contributed by atoms with E-state index < -0.39 is 5.91 Å². The zero-order valence-electron chi connectivity index (χ0n) is 13.8. The second kappa shape index (κ2) is 8.08. The number of hydrogen-bond donors (Lipinski definition) is 2. The van der Waals surface area contributed by atoms with Crippen molar-refractivity contribution >= 4 is 23.5 Å². The van der Waals surface area contributed by atoms with Gasteiger partial charge in [0.05, 0.1) is 0 Å². The first-order chi connectivity index (χ1) is 11.5. The summed E-state index contributed by atoms with van der Waals surface area (Å²) in [6.45, 7) is 0. The standard InChI is InChI=1S/C19H21N3O2/c1-22(2)17-10-8-14(9-11-17)12-16(19(24)21-20)13-18(23)15-6-4-3-5-7-15/h3-12H,13,20H2,1-2H3,(H,21,24)/b16-12+. The number of carbonyl (C=O) groups excluding carboxylic acids is 2. The van der Waals surface area contributed by atoms with Gasteiger partial charge in [-0.25, -0.2) is 5.84 Å². The van der Waals surface area contributed by atoms with Gasteiger partial charge in [-0.3, -0.25) is 15.0 Å². The molecular formula is C19H21N3O2. The molecule has 5 heteroatoms. The maximum Gasteiger partial charge on any atom is 0.261 e. The Morgan fingerprint density at radius 1 is 1.04 bits per heavy atom. The third kappa shape index (κ3) is 4.54. The quantitative estimate of drug-likeness (QED) is 0.281. The van der Waals surface area contributed by atoms with Crippen molar-refractivity contribution in [3.8, 4) is 0 Å². The third-order valence-electron chi connectivity index (χ3n) is 3.62. The number of benzene rings is 2. The third-order valence-corrected chi connectivity index (χ3v) is 3.62. The molecule has 2 aromatic rings. The molecule has 0 radical (unpaired) electrons. The minimum Gasteiger partial charge on any atom is -0.378 e. The van der Waals surface area contributed by atoms with E-state index in [1.54, 1.807) is 30.3 Å². The van der Waals surface area contributed by atoms with E-state index >= 15 is 0 Å². The lowest BCUT2D eigenvalue weighted by Gasteiger charge is -2.12. The minimum atomic E-state index is -0.462. The number of hydrazine groups is 1. The molecule has 0 heterocycles. The van der Waals surface area contributed by atoms with E-state index in [2.05, 4.69) is 5.43 Å². The predicted octanol–water partition coefficient (Wildman–Crippen LogP) is 2.40. The monoisotopic (exact) mass is 323 g/mol. The first-order valence-corrected chi connectivity index (χ1v) is 7.58. The van der Waals surface area contributed by atoms with Crippen LogP contribution in [0.25, 0.3) is 6.08 Å². The van der Waals surface area contributed by atoms with Crippen molar-refractivity contribution in [1.29, 1.82) is 0 Å². The Balaban J connectivity index is 2.24. The van der Waals surface area contributed by atoms with Crippen LogP contribution in [0.5, 0.6) is 0 Å². The molecule has 0 aliphatic heterocycles. The summed E-state index contributed by atoms with van der Waals surface area (Å²) in [7, 11) is 3.91. The van der Waals surface area contributed by atoms with Crippen LogP contribution in [-0.2, 0) is 4.79 Å². The van der Waals surface area contributed by atoms with E-state index in [4.69, 9.17) is 5.84 Å². The normalized spacial score (nSPS) is 11.0. The molecule has 3 N–H and O–H groups in total. The molecule has 0 saturated carbocycles. The Hall–Kier alpha value is -2.92. The van der Waals surface area contributed by atoms with Gasteiger partial charge in [0.25, 0.3) is 5.91 Å². The molecule has 0 bridgehead atoms. The van der Waals surface area contributed by atoms with Crippen molar-refractivity contribution in [2.75, 3.05) is 19.0 Å². The van der Waals surface area contributed by atoms with E-state index in [1.807, 2.05) is 49.3 Å². The molecule has 0 fully saturated rings. The second-order valence-electron chi connectivity index (χ2n) is 5.59. The highest BCUT2D eigenvalue weighted by atomic mass is 16.2. The van der Waals surface area contributed by atoms with Gasteiger partial charge in [0.2, 0.25) is 0 Å². The summed E-state index contributed by atoms with van der Waals surface area (Å²) in [4.78, 5) is 26.3. The summed E-state index contributed by atoms with van der Waals surface area (Å²) in [5, 5.41) is 0. The lowest BCUT2D eigenvalue weighted by Crippen LogP contribution is -2.32. The number of nitrogens with two attached hydrogens (primary N) is 1. The van der Waals surface area contributed by atoms with Crippen LogP contribution in [0.3, 0.4) is 0 Å². The molecular weight excluding hydrogens is 302 g/mol. The molecule has 0 aliphatic carbocycles. The Labute approximate surface area is 141 Å². The molecule has 0 aromatic heterocycles. The average Bonchev–Trinajstić information content (AvgIpc) is 2.61. The van der Waals surface area contributed by atoms with E-state index in [-0.39, 0.29) is 12.2 Å². The van der Waals surface area contributed by atoms with Gasteiger partial charge in [0, 0.05) is 37.3 Å². The fourth-order valence-electron chi connectivity index (χ4n) is 2.26. The molecule has 0 saturated heterocycles. The van der Waals surface area contributed by atoms with Crippen LogP contribution < -0.4 is 16.2 Å². The van der Waals surface area contributed by atoms with E-state index in [9.17, 15) is 9.59 Å². The second-order valence-corrected chi connectivity index (χ2v) is 5.59. The molecule has 1 amide bonds. The lowest BCUT2D eigenvalue weighted by atomic mass is 10.0. The van der Waals surface area contributed by atoms with Crippen LogP contribution in [0.15, 0.2) is 60.2 Å². The van der Waals surface area contributed by atoms with E-state index in [1.165, 1.54) is 0 Å². The maximum absolute atomic E-state index is 12.3. The molecule has 2 aromatic carbocycles. The smallest absolute Gasteiger partial charge is 0.261 e. The van der Waals surface area contributed by atoms with Crippen LogP contribution in [0.4, 0.5) is 5.69 Å². The van der Waals surface area contributed by atoms with Crippen LogP contribution >= 0.6 is 0 Å². The van der Waals surface area contributed by atoms with Crippen LogP contribution in [0.1, 0.15) is 22.3 Å². The van der Waals surface area contributed by atoms with Crippen LogP contribution in [0, 0.1) is 0 Å². The highest BCUT2D eigenvalue weighted by Gasteiger charge is 2.14. The number of amides is 1. The SMILES string of the molecule is CN(C)c1ccc(/C=C(\CC(=O)c2ccccc2)C(=O)NN)cc1. The first kappa shape index (κ1) is 17.4. The Kier molecular flexibility index (Phi) is 5.87. The van der Waals surface area contributed by atoms with E-state index in [0.717, 1.165) is 11.3 Å². The predicted molar refractivity (Wildman–Crippen MR) is 96.5 cm³/mol. The molecule has 5 nitrogen and oxygen atoms in total. The minimum absolute atomic E-state index is 0.0114. The van der Waals surface area contributed by atoms with Gasteiger partial charge in [-0.05, 0) is 23.8 Å². The number of anilines is 1. The summed E-state index contributed by atoms with van der Waals surface area (Å²) in [5.74, 6) is 4.66. The molecule has 0 aliphatic rings. The number of Topliss-reactive ketones (excluding diaryl/α,β-unsaturated/α-hetero) is 1. The van der Waals surface area contributed by atoms with Crippen molar-refractivity contribution in [2.24, 2.45) is 5.84 Å². The number of rotatable bonds is 6. The first-order valence-electron chi connectivity index (χ1n) is 7.58. The molecule has 0 atom stereocenters. The van der Waals surface area contributed by atoms with Crippen molar-refractivity contribution < 1.29 is 9.59 Å². The maximum atomic E-state index is 12.3. The number of nitrogens with zero attached hydrogens (tertiary/aromatic N) is 1. The Morgan fingerprint density at radius 3 is 2.21 bits per heavy atom. The van der Waals surface area contributed by atoms with Gasteiger partial charge in [-0.2, -0.15) is 0 Å². The van der Waals surface area contributed by atoms with Crippen molar-refractivity contribution in [3.63, 3.8) is 0 Å². The van der Waals surface area contributed by atoms with Gasteiger partial charge in [0.1, 0.15) is 0 Å². The largest absolute Gasteiger partial charge is 0.378 e. The Bertz CT molecular complexity index is 735. The van der Waals surface area contributed by atoms with Gasteiger partial charge in [-0.15, -0.1) is 0 Å². The number of ketones is 1. The van der Waals surface area contributed by atoms with Crippen LogP contribution in [-0.4, -0.2) is 25.8 Å². The summed E-state index contributed by atoms with van der Waals surface area (Å²) >= 11 is 0. The summed E-state index contributed by atoms with van der Waals surface area (Å²) < 4.78 is 0. The number of carbonyl (C=O) groups is 2. The molecule has 124 valence electrons. The lowest BCUT2D eigenvalue weighted by molar-refractivity contribution is -0.117. The van der Waals surface area contributed by atoms with Crippen molar-refractivity contribution in [3.05, 3.63) is 71.3 Å². The fourth-order valence-corrected chi connectivity index (χ4v) is 2.26. The van der Waals surface area contributed by atoms with Crippen LogP contribution in [0.2, 0.25) is 0 Å². The summed E-state index contributed by atoms with van der Waals surface area (Å²) in [6, 6.07) is 16.6. The highest BCUT2D eigenvalue weighted by Crippen LogP contribution is 2.17. The molecule has 0 spiro atoms. The van der Waals surface area contributed by atoms with Crippen molar-refractivity contribution in [1.82, 2.24) is 5.43 Å². The Morgan fingerprint density at radius 2 is 1.67 bits per heavy atom. The van der Waals surface area contributed by atoms with Crippen molar-refractivity contribution in [2.45, 2.75) is 6.42 Å².